The van der Waals surface area contributed by atoms with Crippen LogP contribution in [-0.2, 0) is 6.42 Å². The number of thiophene rings is 1. The summed E-state index contributed by atoms with van der Waals surface area (Å²) in [6.45, 7) is 2.96. The van der Waals surface area contributed by atoms with Gasteiger partial charge in [-0.1, -0.05) is 6.07 Å². The van der Waals surface area contributed by atoms with Crippen LogP contribution in [-0.4, -0.2) is 13.2 Å². The minimum atomic E-state index is -0.247. The molecule has 102 valence electrons. The van der Waals surface area contributed by atoms with Crippen molar-refractivity contribution < 1.29 is 9.13 Å². The Bertz CT molecular complexity index is 513. The van der Waals surface area contributed by atoms with E-state index in [1.807, 2.05) is 18.4 Å². The van der Waals surface area contributed by atoms with E-state index in [9.17, 15) is 4.39 Å². The molecule has 0 spiro atoms. The number of ether oxygens (including phenoxy) is 1. The van der Waals surface area contributed by atoms with Gasteiger partial charge in [0.05, 0.1) is 6.61 Å². The van der Waals surface area contributed by atoms with E-state index in [1.54, 1.807) is 17.4 Å². The zero-order chi connectivity index (χ0) is 13.7. The molecule has 2 aromatic rings. The van der Waals surface area contributed by atoms with Crippen molar-refractivity contribution in [1.29, 1.82) is 0 Å². The lowest BCUT2D eigenvalue weighted by atomic mass is 9.94. The fourth-order valence-corrected chi connectivity index (χ4v) is 2.90. The van der Waals surface area contributed by atoms with Crippen molar-refractivity contribution in [2.45, 2.75) is 19.3 Å². The van der Waals surface area contributed by atoms with Crippen molar-refractivity contribution in [2.24, 2.45) is 5.73 Å². The molecule has 0 fully saturated rings. The van der Waals surface area contributed by atoms with Crippen LogP contribution in [0.4, 0.5) is 4.39 Å². The Morgan fingerprint density at radius 1 is 1.37 bits per heavy atom. The summed E-state index contributed by atoms with van der Waals surface area (Å²) >= 11 is 1.69. The maximum Gasteiger partial charge on any atom is 0.123 e. The summed E-state index contributed by atoms with van der Waals surface area (Å²) in [5.74, 6) is 0.565. The molecule has 0 saturated carbocycles. The summed E-state index contributed by atoms with van der Waals surface area (Å²) in [6.07, 6.45) is 0.817. The number of halogens is 1. The van der Waals surface area contributed by atoms with E-state index in [1.165, 1.54) is 17.0 Å². The zero-order valence-corrected chi connectivity index (χ0v) is 11.8. The molecule has 0 bridgehead atoms. The van der Waals surface area contributed by atoms with Gasteiger partial charge < -0.3 is 10.5 Å². The van der Waals surface area contributed by atoms with Crippen molar-refractivity contribution >= 4 is 11.3 Å². The van der Waals surface area contributed by atoms with Gasteiger partial charge in [-0.25, -0.2) is 4.39 Å². The largest absolute Gasteiger partial charge is 0.494 e. The molecule has 2 rings (SSSR count). The molecule has 1 heterocycles. The Labute approximate surface area is 117 Å². The lowest BCUT2D eigenvalue weighted by Gasteiger charge is -2.18. The van der Waals surface area contributed by atoms with Gasteiger partial charge in [0, 0.05) is 16.4 Å². The predicted molar refractivity (Wildman–Crippen MR) is 77.4 cm³/mol. The summed E-state index contributed by atoms with van der Waals surface area (Å²) in [5, 5.41) is 2.04. The minimum Gasteiger partial charge on any atom is -0.494 e. The van der Waals surface area contributed by atoms with Gasteiger partial charge in [0.15, 0.2) is 0 Å². The lowest BCUT2D eigenvalue weighted by molar-refractivity contribution is 0.333. The van der Waals surface area contributed by atoms with Gasteiger partial charge in [-0.15, -0.1) is 11.3 Å². The van der Waals surface area contributed by atoms with Crippen LogP contribution in [0.3, 0.4) is 0 Å². The molecule has 1 atom stereocenters. The quantitative estimate of drug-likeness (QED) is 0.877. The molecule has 2 N–H and O–H groups in total. The smallest absolute Gasteiger partial charge is 0.123 e. The van der Waals surface area contributed by atoms with Crippen molar-refractivity contribution in [1.82, 2.24) is 0 Å². The second-order valence-electron chi connectivity index (χ2n) is 4.33. The van der Waals surface area contributed by atoms with Crippen LogP contribution in [0.25, 0.3) is 0 Å². The zero-order valence-electron chi connectivity index (χ0n) is 10.9. The highest BCUT2D eigenvalue weighted by Gasteiger charge is 2.17. The van der Waals surface area contributed by atoms with E-state index in [0.717, 1.165) is 17.7 Å². The Morgan fingerprint density at radius 3 is 2.84 bits per heavy atom. The fourth-order valence-electron chi connectivity index (χ4n) is 2.12. The maximum atomic E-state index is 13.5. The Morgan fingerprint density at radius 2 is 2.21 bits per heavy atom. The number of benzene rings is 1. The van der Waals surface area contributed by atoms with Gasteiger partial charge in [-0.05, 0) is 49.5 Å². The first kappa shape index (κ1) is 14.0. The van der Waals surface area contributed by atoms with Gasteiger partial charge >= 0.3 is 0 Å². The van der Waals surface area contributed by atoms with Crippen molar-refractivity contribution in [3.8, 4) is 5.75 Å². The van der Waals surface area contributed by atoms with Crippen molar-refractivity contribution in [3.05, 3.63) is 52.0 Å². The highest BCUT2D eigenvalue weighted by atomic mass is 32.1. The third-order valence-electron chi connectivity index (χ3n) is 3.02. The highest BCUT2D eigenvalue weighted by molar-refractivity contribution is 7.09. The Hall–Kier alpha value is -1.39. The van der Waals surface area contributed by atoms with E-state index in [2.05, 4.69) is 6.07 Å². The molecule has 1 aromatic heterocycles. The number of hydrogen-bond acceptors (Lipinski definition) is 3. The van der Waals surface area contributed by atoms with Gasteiger partial charge in [-0.2, -0.15) is 0 Å². The molecule has 19 heavy (non-hydrogen) atoms. The van der Waals surface area contributed by atoms with E-state index < -0.39 is 0 Å². The van der Waals surface area contributed by atoms with Crippen LogP contribution in [0.2, 0.25) is 0 Å². The molecule has 0 aliphatic rings. The molecule has 1 unspecified atom stereocenters. The molecule has 0 amide bonds. The maximum absolute atomic E-state index is 13.5. The van der Waals surface area contributed by atoms with Crippen LogP contribution in [0.5, 0.6) is 5.75 Å². The number of nitrogens with two attached hydrogens (primary N) is 1. The third-order valence-corrected chi connectivity index (χ3v) is 3.92. The second-order valence-corrected chi connectivity index (χ2v) is 5.36. The molecule has 0 radical (unpaired) electrons. The monoisotopic (exact) mass is 279 g/mol. The first-order valence-corrected chi connectivity index (χ1v) is 7.27. The van der Waals surface area contributed by atoms with E-state index in [0.29, 0.717) is 13.2 Å². The Balaban J connectivity index is 2.28. The normalized spacial score (nSPS) is 12.4. The van der Waals surface area contributed by atoms with Crippen LogP contribution < -0.4 is 10.5 Å². The predicted octanol–water partition coefficient (Wildman–Crippen LogP) is 3.57. The first-order valence-electron chi connectivity index (χ1n) is 6.39. The summed E-state index contributed by atoms with van der Waals surface area (Å²) in [4.78, 5) is 1.25. The summed E-state index contributed by atoms with van der Waals surface area (Å²) < 4.78 is 19.0. The average molecular weight is 279 g/mol. The first-order chi connectivity index (χ1) is 9.24. The topological polar surface area (TPSA) is 35.2 Å². The molecule has 0 saturated heterocycles. The van der Waals surface area contributed by atoms with Crippen molar-refractivity contribution in [3.63, 3.8) is 0 Å². The van der Waals surface area contributed by atoms with Crippen LogP contribution in [0, 0.1) is 5.82 Å². The van der Waals surface area contributed by atoms with E-state index >= 15 is 0 Å². The summed E-state index contributed by atoms with van der Waals surface area (Å²) in [5.41, 5.74) is 6.72. The Kier molecular flexibility index (Phi) is 4.93. The molecule has 1 aromatic carbocycles. The van der Waals surface area contributed by atoms with Gasteiger partial charge in [0.1, 0.15) is 11.6 Å². The second kappa shape index (κ2) is 6.68. The number of rotatable bonds is 6. The lowest BCUT2D eigenvalue weighted by Crippen LogP contribution is -2.16. The van der Waals surface area contributed by atoms with E-state index in [4.69, 9.17) is 10.5 Å². The summed E-state index contributed by atoms with van der Waals surface area (Å²) in [7, 11) is 0. The third kappa shape index (κ3) is 3.55. The number of hydrogen-bond donors (Lipinski definition) is 1. The summed E-state index contributed by atoms with van der Waals surface area (Å²) in [6, 6.07) is 8.74. The molecular formula is C15H18FNOS. The molecule has 0 aliphatic heterocycles. The molecule has 4 heteroatoms. The molecule has 2 nitrogen and oxygen atoms in total. The molecular weight excluding hydrogens is 261 g/mol. The minimum absolute atomic E-state index is 0.0795. The fraction of sp³-hybridized carbons (Fsp3) is 0.333. The van der Waals surface area contributed by atoms with E-state index in [-0.39, 0.29) is 11.7 Å². The van der Waals surface area contributed by atoms with Gasteiger partial charge in [0.2, 0.25) is 0 Å². The van der Waals surface area contributed by atoms with Crippen LogP contribution in [0.1, 0.15) is 23.3 Å². The van der Waals surface area contributed by atoms with Crippen LogP contribution >= 0.6 is 11.3 Å². The highest BCUT2D eigenvalue weighted by Crippen LogP contribution is 2.30. The molecule has 0 aliphatic carbocycles. The van der Waals surface area contributed by atoms with Crippen LogP contribution in [0.15, 0.2) is 35.7 Å². The SMILES string of the molecule is CCOc1ccc(F)cc1C(CN)Cc1cccs1. The van der Waals surface area contributed by atoms with Gasteiger partial charge in [-0.3, -0.25) is 0 Å². The van der Waals surface area contributed by atoms with Gasteiger partial charge in [0.25, 0.3) is 0 Å². The van der Waals surface area contributed by atoms with Crippen molar-refractivity contribution in [2.75, 3.05) is 13.2 Å². The standard InChI is InChI=1S/C15H18FNOS/c1-2-18-15-6-5-12(16)9-14(15)11(10-17)8-13-4-3-7-19-13/h3-7,9,11H,2,8,10,17H2,1H3. The average Bonchev–Trinajstić information content (AvgIpc) is 2.91.